The summed E-state index contributed by atoms with van der Waals surface area (Å²) >= 11 is 1.87. The zero-order chi connectivity index (χ0) is 7.56. The molecule has 1 rings (SSSR count). The maximum atomic E-state index is 3.14. The first kappa shape index (κ1) is 7.76. The Balaban J connectivity index is 2.81. The smallest absolute Gasteiger partial charge is 0.0213 e. The Hall–Kier alpha value is -0.340. The maximum absolute atomic E-state index is 3.14. The highest BCUT2D eigenvalue weighted by molar-refractivity contribution is 7.12. The average molecular weight is 155 g/mol. The van der Waals surface area contributed by atoms with Crippen molar-refractivity contribution in [2.24, 2.45) is 0 Å². The summed E-state index contributed by atoms with van der Waals surface area (Å²) in [5, 5.41) is 3.14. The molecule has 1 nitrogen and oxygen atoms in total. The van der Waals surface area contributed by atoms with Crippen LogP contribution in [0.3, 0.4) is 0 Å². The second-order valence-electron chi connectivity index (χ2n) is 2.47. The van der Waals surface area contributed by atoms with Crippen LogP contribution in [0.5, 0.6) is 0 Å². The topological polar surface area (TPSA) is 12.0 Å². The highest BCUT2D eigenvalue weighted by atomic mass is 32.1. The molecule has 0 bridgehead atoms. The summed E-state index contributed by atoms with van der Waals surface area (Å²) in [4.78, 5) is 2.84. The van der Waals surface area contributed by atoms with Crippen LogP contribution in [0.4, 0.5) is 0 Å². The van der Waals surface area contributed by atoms with Crippen molar-refractivity contribution < 1.29 is 0 Å². The van der Waals surface area contributed by atoms with Gasteiger partial charge in [-0.05, 0) is 32.5 Å². The Morgan fingerprint density at radius 1 is 1.50 bits per heavy atom. The summed E-state index contributed by atoms with van der Waals surface area (Å²) in [5.74, 6) is 0. The normalized spacial score (nSPS) is 10.3. The first-order valence-electron chi connectivity index (χ1n) is 3.44. The van der Waals surface area contributed by atoms with Crippen LogP contribution in [0, 0.1) is 13.8 Å². The van der Waals surface area contributed by atoms with Gasteiger partial charge in [0.25, 0.3) is 0 Å². The van der Waals surface area contributed by atoms with E-state index < -0.39 is 0 Å². The third kappa shape index (κ3) is 1.58. The molecule has 0 aliphatic rings. The Kier molecular flexibility index (Phi) is 2.46. The second kappa shape index (κ2) is 3.17. The molecule has 0 fully saturated rings. The summed E-state index contributed by atoms with van der Waals surface area (Å²) in [7, 11) is 1.98. The molecule has 1 aromatic heterocycles. The van der Waals surface area contributed by atoms with E-state index in [-0.39, 0.29) is 0 Å². The van der Waals surface area contributed by atoms with Gasteiger partial charge in [-0.3, -0.25) is 0 Å². The van der Waals surface area contributed by atoms with Gasteiger partial charge in [-0.1, -0.05) is 0 Å². The lowest BCUT2D eigenvalue weighted by Crippen LogP contribution is -2.04. The first-order chi connectivity index (χ1) is 4.74. The van der Waals surface area contributed by atoms with E-state index in [9.17, 15) is 0 Å². The molecule has 0 saturated carbocycles. The predicted molar refractivity (Wildman–Crippen MR) is 46.6 cm³/mol. The van der Waals surface area contributed by atoms with Crippen molar-refractivity contribution in [1.82, 2.24) is 5.32 Å². The zero-order valence-electron chi connectivity index (χ0n) is 6.69. The van der Waals surface area contributed by atoms with Crippen LogP contribution in [0.15, 0.2) is 6.07 Å². The van der Waals surface area contributed by atoms with Gasteiger partial charge in [0.15, 0.2) is 0 Å². The fraction of sp³-hybridized carbons (Fsp3) is 0.500. The monoisotopic (exact) mass is 155 g/mol. The van der Waals surface area contributed by atoms with E-state index in [1.807, 2.05) is 18.4 Å². The Bertz CT molecular complexity index is 215. The molecule has 0 amide bonds. The van der Waals surface area contributed by atoms with Crippen molar-refractivity contribution in [3.8, 4) is 0 Å². The largest absolute Gasteiger partial charge is 0.316 e. The number of hydrogen-bond donors (Lipinski definition) is 1. The molecule has 2 heteroatoms. The Labute approximate surface area is 66.1 Å². The second-order valence-corrected chi connectivity index (χ2v) is 3.93. The highest BCUT2D eigenvalue weighted by Crippen LogP contribution is 2.19. The minimum absolute atomic E-state index is 0.996. The van der Waals surface area contributed by atoms with E-state index in [4.69, 9.17) is 0 Å². The summed E-state index contributed by atoms with van der Waals surface area (Å²) in [6.45, 7) is 5.32. The molecule has 0 aliphatic carbocycles. The van der Waals surface area contributed by atoms with Crippen molar-refractivity contribution >= 4 is 11.3 Å². The van der Waals surface area contributed by atoms with Crippen LogP contribution in [0.25, 0.3) is 0 Å². The summed E-state index contributed by atoms with van der Waals surface area (Å²) in [6.07, 6.45) is 0. The number of hydrogen-bond acceptors (Lipinski definition) is 2. The number of thiophene rings is 1. The molecule has 0 aromatic carbocycles. The molecule has 1 heterocycles. The van der Waals surface area contributed by atoms with Gasteiger partial charge in [-0.25, -0.2) is 0 Å². The molecule has 0 saturated heterocycles. The number of rotatable bonds is 2. The van der Waals surface area contributed by atoms with Crippen LogP contribution in [-0.2, 0) is 6.54 Å². The molecular formula is C8H13NS. The molecule has 0 atom stereocenters. The summed E-state index contributed by atoms with van der Waals surface area (Å²) in [6, 6.07) is 2.25. The third-order valence-corrected chi connectivity index (χ3v) is 2.52. The van der Waals surface area contributed by atoms with Crippen molar-refractivity contribution in [1.29, 1.82) is 0 Å². The third-order valence-electron chi connectivity index (χ3n) is 1.51. The lowest BCUT2D eigenvalue weighted by atomic mass is 10.2. The fourth-order valence-corrected chi connectivity index (χ4v) is 2.00. The predicted octanol–water partition coefficient (Wildman–Crippen LogP) is 2.08. The van der Waals surface area contributed by atoms with Gasteiger partial charge in [0.1, 0.15) is 0 Å². The van der Waals surface area contributed by atoms with E-state index in [0.29, 0.717) is 0 Å². The van der Waals surface area contributed by atoms with Crippen molar-refractivity contribution in [3.05, 3.63) is 21.4 Å². The Morgan fingerprint density at radius 2 is 2.20 bits per heavy atom. The van der Waals surface area contributed by atoms with E-state index in [0.717, 1.165) is 6.54 Å². The van der Waals surface area contributed by atoms with Gasteiger partial charge >= 0.3 is 0 Å². The number of aryl methyl sites for hydroxylation is 2. The molecule has 0 radical (unpaired) electrons. The van der Waals surface area contributed by atoms with Crippen LogP contribution in [0.2, 0.25) is 0 Å². The van der Waals surface area contributed by atoms with Gasteiger partial charge in [0.05, 0.1) is 0 Å². The van der Waals surface area contributed by atoms with Crippen molar-refractivity contribution in [3.63, 3.8) is 0 Å². The van der Waals surface area contributed by atoms with Gasteiger partial charge in [0.2, 0.25) is 0 Å². The van der Waals surface area contributed by atoms with Gasteiger partial charge < -0.3 is 5.32 Å². The molecule has 1 N–H and O–H groups in total. The van der Waals surface area contributed by atoms with Crippen LogP contribution < -0.4 is 5.32 Å². The SMILES string of the molecule is CNCc1cc(C)sc1C. The molecule has 0 aliphatic heterocycles. The molecular weight excluding hydrogens is 142 g/mol. The lowest BCUT2D eigenvalue weighted by Gasteiger charge is -1.94. The summed E-state index contributed by atoms with van der Waals surface area (Å²) in [5.41, 5.74) is 1.44. The van der Waals surface area contributed by atoms with Gasteiger partial charge in [0, 0.05) is 16.3 Å². The van der Waals surface area contributed by atoms with Gasteiger partial charge in [-0.2, -0.15) is 0 Å². The molecule has 10 heavy (non-hydrogen) atoms. The van der Waals surface area contributed by atoms with E-state index in [2.05, 4.69) is 25.2 Å². The zero-order valence-corrected chi connectivity index (χ0v) is 7.51. The average Bonchev–Trinajstić information content (AvgIpc) is 2.13. The van der Waals surface area contributed by atoms with Crippen LogP contribution >= 0.6 is 11.3 Å². The fourth-order valence-electron chi connectivity index (χ4n) is 1.05. The molecule has 0 unspecified atom stereocenters. The van der Waals surface area contributed by atoms with Gasteiger partial charge in [-0.15, -0.1) is 11.3 Å². The first-order valence-corrected chi connectivity index (χ1v) is 4.26. The van der Waals surface area contributed by atoms with Crippen molar-refractivity contribution in [2.45, 2.75) is 20.4 Å². The standard InChI is InChI=1S/C8H13NS/c1-6-4-8(5-9-3)7(2)10-6/h4,9H,5H2,1-3H3. The van der Waals surface area contributed by atoms with Crippen LogP contribution in [-0.4, -0.2) is 7.05 Å². The van der Waals surface area contributed by atoms with E-state index >= 15 is 0 Å². The molecule has 0 spiro atoms. The number of nitrogens with one attached hydrogen (secondary N) is 1. The molecule has 56 valence electrons. The lowest BCUT2D eigenvalue weighted by molar-refractivity contribution is 0.816. The minimum Gasteiger partial charge on any atom is -0.316 e. The maximum Gasteiger partial charge on any atom is 0.0213 e. The molecule has 1 aromatic rings. The Morgan fingerprint density at radius 3 is 2.60 bits per heavy atom. The van der Waals surface area contributed by atoms with Crippen molar-refractivity contribution in [2.75, 3.05) is 7.05 Å². The van der Waals surface area contributed by atoms with Crippen LogP contribution in [0.1, 0.15) is 15.3 Å². The van der Waals surface area contributed by atoms with E-state index in [1.165, 1.54) is 15.3 Å². The van der Waals surface area contributed by atoms with E-state index in [1.54, 1.807) is 0 Å². The quantitative estimate of drug-likeness (QED) is 0.689. The minimum atomic E-state index is 0.996. The highest BCUT2D eigenvalue weighted by Gasteiger charge is 1.99. The summed E-state index contributed by atoms with van der Waals surface area (Å²) < 4.78 is 0.